The van der Waals surface area contributed by atoms with Crippen LogP contribution < -0.4 is 4.74 Å². The number of carbonyl (C=O) groups excluding carboxylic acids is 1. The molecule has 0 aliphatic carbocycles. The fourth-order valence-corrected chi connectivity index (χ4v) is 2.23. The van der Waals surface area contributed by atoms with Crippen molar-refractivity contribution in [2.45, 2.75) is 13.5 Å². The van der Waals surface area contributed by atoms with Crippen LogP contribution in [0.3, 0.4) is 0 Å². The SMILES string of the molecule is CCOC(=O)c1n[nH]nc1-c1cccc(OCc2ccc(C(=O)O)o2)c1. The molecule has 0 aliphatic heterocycles. The second-order valence-corrected chi connectivity index (χ2v) is 5.13. The van der Waals surface area contributed by atoms with Crippen molar-refractivity contribution < 1.29 is 28.6 Å². The Morgan fingerprint density at radius 3 is 2.81 bits per heavy atom. The van der Waals surface area contributed by atoms with Crippen LogP contribution in [0.2, 0.25) is 0 Å². The maximum absolute atomic E-state index is 11.9. The molecule has 9 heteroatoms. The first-order valence-corrected chi connectivity index (χ1v) is 7.71. The van der Waals surface area contributed by atoms with Crippen molar-refractivity contribution in [1.29, 1.82) is 0 Å². The maximum Gasteiger partial charge on any atom is 0.371 e. The standard InChI is InChI=1S/C17H15N3O6/c1-2-24-17(23)15-14(18-20-19-15)10-4-3-5-11(8-10)25-9-12-6-7-13(26-12)16(21)22/h3-8H,2,9H2,1H3,(H,21,22)(H,18,19,20). The number of nitrogens with one attached hydrogen (secondary N) is 1. The number of carbonyl (C=O) groups is 2. The average Bonchev–Trinajstić information content (AvgIpc) is 3.30. The predicted molar refractivity (Wildman–Crippen MR) is 87.8 cm³/mol. The summed E-state index contributed by atoms with van der Waals surface area (Å²) in [7, 11) is 0. The summed E-state index contributed by atoms with van der Waals surface area (Å²) < 4.78 is 15.7. The summed E-state index contributed by atoms with van der Waals surface area (Å²) in [6.45, 7) is 1.99. The lowest BCUT2D eigenvalue weighted by Crippen LogP contribution is -2.06. The highest BCUT2D eigenvalue weighted by Gasteiger charge is 2.19. The van der Waals surface area contributed by atoms with Gasteiger partial charge in [-0.3, -0.25) is 0 Å². The van der Waals surface area contributed by atoms with Crippen LogP contribution >= 0.6 is 0 Å². The zero-order valence-electron chi connectivity index (χ0n) is 13.8. The Bertz CT molecular complexity index is 930. The molecule has 0 spiro atoms. The number of esters is 1. The molecule has 0 fully saturated rings. The van der Waals surface area contributed by atoms with E-state index in [1.807, 2.05) is 0 Å². The van der Waals surface area contributed by atoms with Gasteiger partial charge in [0, 0.05) is 5.56 Å². The lowest BCUT2D eigenvalue weighted by Gasteiger charge is -2.06. The van der Waals surface area contributed by atoms with Crippen molar-refractivity contribution in [2.75, 3.05) is 6.61 Å². The van der Waals surface area contributed by atoms with E-state index in [0.29, 0.717) is 22.8 Å². The van der Waals surface area contributed by atoms with Crippen LogP contribution in [0, 0.1) is 0 Å². The van der Waals surface area contributed by atoms with Gasteiger partial charge in [-0.1, -0.05) is 12.1 Å². The highest BCUT2D eigenvalue weighted by molar-refractivity contribution is 5.94. The van der Waals surface area contributed by atoms with E-state index in [2.05, 4.69) is 15.4 Å². The first-order valence-electron chi connectivity index (χ1n) is 7.71. The second kappa shape index (κ2) is 7.51. The minimum atomic E-state index is -1.14. The van der Waals surface area contributed by atoms with Crippen LogP contribution in [0.4, 0.5) is 0 Å². The maximum atomic E-state index is 11.9. The number of ether oxygens (including phenoxy) is 2. The van der Waals surface area contributed by atoms with Crippen LogP contribution in [0.25, 0.3) is 11.3 Å². The number of rotatable bonds is 7. The number of furan rings is 1. The Morgan fingerprint density at radius 2 is 2.08 bits per heavy atom. The number of benzene rings is 1. The Labute approximate surface area is 147 Å². The number of aromatic amines is 1. The summed E-state index contributed by atoms with van der Waals surface area (Å²) in [5, 5.41) is 19.1. The fourth-order valence-electron chi connectivity index (χ4n) is 2.23. The fraction of sp³-hybridized carbons (Fsp3) is 0.176. The van der Waals surface area contributed by atoms with Gasteiger partial charge in [0.05, 0.1) is 6.61 Å². The zero-order chi connectivity index (χ0) is 18.5. The highest BCUT2D eigenvalue weighted by Crippen LogP contribution is 2.25. The lowest BCUT2D eigenvalue weighted by molar-refractivity contribution is 0.0519. The molecule has 0 saturated carbocycles. The van der Waals surface area contributed by atoms with Crippen molar-refractivity contribution in [3.8, 4) is 17.0 Å². The number of aromatic carboxylic acids is 1. The van der Waals surface area contributed by atoms with Crippen LogP contribution in [-0.2, 0) is 11.3 Å². The van der Waals surface area contributed by atoms with Gasteiger partial charge in [0.15, 0.2) is 5.69 Å². The Kier molecular flexibility index (Phi) is 4.97. The molecule has 0 amide bonds. The zero-order valence-corrected chi connectivity index (χ0v) is 13.8. The molecule has 3 rings (SSSR count). The summed E-state index contributed by atoms with van der Waals surface area (Å²) in [6, 6.07) is 9.78. The molecule has 2 N–H and O–H groups in total. The minimum Gasteiger partial charge on any atom is -0.486 e. The van der Waals surface area contributed by atoms with Crippen LogP contribution in [0.15, 0.2) is 40.8 Å². The molecule has 2 heterocycles. The normalized spacial score (nSPS) is 10.5. The summed E-state index contributed by atoms with van der Waals surface area (Å²) in [4.78, 5) is 22.7. The van der Waals surface area contributed by atoms with Crippen LogP contribution in [0.5, 0.6) is 5.75 Å². The first-order chi connectivity index (χ1) is 12.6. The van der Waals surface area contributed by atoms with Crippen molar-refractivity contribution in [2.24, 2.45) is 0 Å². The third-order valence-corrected chi connectivity index (χ3v) is 3.38. The van der Waals surface area contributed by atoms with Gasteiger partial charge in [-0.05, 0) is 31.2 Å². The highest BCUT2D eigenvalue weighted by atomic mass is 16.5. The van der Waals surface area contributed by atoms with E-state index in [1.54, 1.807) is 31.2 Å². The number of hydrogen-bond acceptors (Lipinski definition) is 7. The predicted octanol–water partition coefficient (Wildman–Crippen LogP) is 2.52. The van der Waals surface area contributed by atoms with Gasteiger partial charge < -0.3 is 19.0 Å². The van der Waals surface area contributed by atoms with Gasteiger partial charge in [0.25, 0.3) is 0 Å². The van der Waals surface area contributed by atoms with Crippen molar-refractivity contribution in [3.63, 3.8) is 0 Å². The van der Waals surface area contributed by atoms with Gasteiger partial charge in [0.2, 0.25) is 5.76 Å². The molecular weight excluding hydrogens is 342 g/mol. The quantitative estimate of drug-likeness (QED) is 0.617. The molecule has 0 radical (unpaired) electrons. The topological polar surface area (TPSA) is 128 Å². The second-order valence-electron chi connectivity index (χ2n) is 5.13. The summed E-state index contributed by atoms with van der Waals surface area (Å²) >= 11 is 0. The molecule has 0 aliphatic rings. The van der Waals surface area contributed by atoms with Crippen molar-refractivity contribution >= 4 is 11.9 Å². The van der Waals surface area contributed by atoms with Gasteiger partial charge in [0.1, 0.15) is 23.8 Å². The molecule has 0 bridgehead atoms. The molecule has 1 aromatic carbocycles. The Hall–Kier alpha value is -3.62. The summed E-state index contributed by atoms with van der Waals surface area (Å²) in [5.74, 6) is -0.996. The molecule has 26 heavy (non-hydrogen) atoms. The minimum absolute atomic E-state index is 0.0558. The van der Waals surface area contributed by atoms with E-state index in [0.717, 1.165) is 0 Å². The number of nitrogens with zero attached hydrogens (tertiary/aromatic N) is 2. The number of carboxylic acid groups (broad SMARTS) is 1. The molecule has 0 saturated heterocycles. The van der Waals surface area contributed by atoms with E-state index < -0.39 is 11.9 Å². The molecule has 0 unspecified atom stereocenters. The third kappa shape index (κ3) is 3.72. The molecule has 9 nitrogen and oxygen atoms in total. The monoisotopic (exact) mass is 357 g/mol. The van der Waals surface area contributed by atoms with E-state index in [1.165, 1.54) is 12.1 Å². The summed E-state index contributed by atoms with van der Waals surface area (Å²) in [6.07, 6.45) is 0. The number of aromatic nitrogens is 3. The largest absolute Gasteiger partial charge is 0.486 e. The van der Waals surface area contributed by atoms with E-state index >= 15 is 0 Å². The molecule has 134 valence electrons. The van der Waals surface area contributed by atoms with E-state index in [9.17, 15) is 9.59 Å². The Balaban J connectivity index is 1.75. The Morgan fingerprint density at radius 1 is 1.23 bits per heavy atom. The average molecular weight is 357 g/mol. The lowest BCUT2D eigenvalue weighted by atomic mass is 10.1. The third-order valence-electron chi connectivity index (χ3n) is 3.38. The van der Waals surface area contributed by atoms with Crippen molar-refractivity contribution in [3.05, 3.63) is 53.6 Å². The number of carboxylic acids is 1. The number of H-pyrrole nitrogens is 1. The molecule has 0 atom stereocenters. The van der Waals surface area contributed by atoms with Gasteiger partial charge in [-0.15, -0.1) is 5.10 Å². The number of hydrogen-bond donors (Lipinski definition) is 2. The smallest absolute Gasteiger partial charge is 0.371 e. The molecule has 2 aromatic heterocycles. The van der Waals surface area contributed by atoms with Gasteiger partial charge in [-0.2, -0.15) is 10.3 Å². The molecular formula is C17H15N3O6. The first kappa shape index (κ1) is 17.2. The van der Waals surface area contributed by atoms with E-state index in [-0.39, 0.29) is 24.7 Å². The van der Waals surface area contributed by atoms with Crippen LogP contribution in [-0.4, -0.2) is 39.1 Å². The van der Waals surface area contributed by atoms with E-state index in [4.69, 9.17) is 19.0 Å². The van der Waals surface area contributed by atoms with Crippen LogP contribution in [0.1, 0.15) is 33.7 Å². The molecule has 3 aromatic rings. The van der Waals surface area contributed by atoms with Gasteiger partial charge >= 0.3 is 11.9 Å². The van der Waals surface area contributed by atoms with Gasteiger partial charge in [-0.25, -0.2) is 9.59 Å². The van der Waals surface area contributed by atoms with Crippen molar-refractivity contribution in [1.82, 2.24) is 15.4 Å². The summed E-state index contributed by atoms with van der Waals surface area (Å²) in [5.41, 5.74) is 1.05.